The van der Waals surface area contributed by atoms with Gasteiger partial charge in [-0.3, -0.25) is 14.2 Å². The van der Waals surface area contributed by atoms with E-state index in [1.54, 1.807) is 0 Å². The van der Waals surface area contributed by atoms with Gasteiger partial charge >= 0.3 is 5.97 Å². The van der Waals surface area contributed by atoms with E-state index in [0.29, 0.717) is 5.02 Å². The maximum atomic E-state index is 15.1. The molecule has 1 aromatic heterocycles. The van der Waals surface area contributed by atoms with Crippen LogP contribution in [-0.2, 0) is 4.79 Å². The van der Waals surface area contributed by atoms with Crippen molar-refractivity contribution in [3.63, 3.8) is 0 Å². The molecule has 0 radical (unpaired) electrons. The average molecular weight is 462 g/mol. The van der Waals surface area contributed by atoms with Gasteiger partial charge in [0.2, 0.25) is 0 Å². The molecule has 1 aliphatic rings. The van der Waals surface area contributed by atoms with Gasteiger partial charge in [-0.1, -0.05) is 37.3 Å². The van der Waals surface area contributed by atoms with Gasteiger partial charge in [0.05, 0.1) is 11.4 Å². The van der Waals surface area contributed by atoms with Gasteiger partial charge in [-0.25, -0.2) is 8.78 Å². The first-order valence-corrected chi connectivity index (χ1v) is 10.8. The molecule has 0 saturated heterocycles. The Bertz CT molecular complexity index is 1210. The van der Waals surface area contributed by atoms with E-state index in [4.69, 9.17) is 11.6 Å². The van der Waals surface area contributed by atoms with Crippen LogP contribution in [0.4, 0.5) is 8.78 Å². The van der Waals surface area contributed by atoms with E-state index in [1.807, 2.05) is 0 Å². The number of halogens is 3. The highest BCUT2D eigenvalue weighted by Crippen LogP contribution is 2.42. The number of carboxylic acid groups (broad SMARTS) is 1. The van der Waals surface area contributed by atoms with Crippen molar-refractivity contribution >= 4 is 34.4 Å². The van der Waals surface area contributed by atoms with Crippen molar-refractivity contribution in [1.82, 2.24) is 4.57 Å². The van der Waals surface area contributed by atoms with E-state index in [0.717, 1.165) is 36.3 Å². The molecule has 1 saturated carbocycles. The third-order valence-electron chi connectivity index (χ3n) is 6.39. The van der Waals surface area contributed by atoms with Crippen LogP contribution in [0.25, 0.3) is 10.9 Å². The van der Waals surface area contributed by atoms with Crippen molar-refractivity contribution in [2.45, 2.75) is 44.9 Å². The van der Waals surface area contributed by atoms with Gasteiger partial charge in [-0.15, -0.1) is 0 Å². The predicted molar refractivity (Wildman–Crippen MR) is 116 cm³/mol. The molecule has 0 spiro atoms. The Morgan fingerprint density at radius 3 is 2.41 bits per heavy atom. The molecular weight excluding hydrogens is 440 g/mol. The molecule has 3 aromatic rings. The van der Waals surface area contributed by atoms with Gasteiger partial charge in [0, 0.05) is 27.7 Å². The minimum Gasteiger partial charge on any atom is -0.503 e. The van der Waals surface area contributed by atoms with Crippen molar-refractivity contribution in [2.24, 2.45) is 5.92 Å². The summed E-state index contributed by atoms with van der Waals surface area (Å²) in [4.78, 5) is 25.6. The SMILES string of the molecule is Cc1c([C@H](CC2CCCC2)C(=O)O)c2c(F)c(O)c(F)cc2n1C(=O)c1ccc(Cl)cc1. The van der Waals surface area contributed by atoms with Gasteiger partial charge in [0.15, 0.2) is 17.4 Å². The molecule has 1 fully saturated rings. The van der Waals surface area contributed by atoms with Gasteiger partial charge < -0.3 is 10.2 Å². The Labute approximate surface area is 188 Å². The first-order valence-electron chi connectivity index (χ1n) is 10.5. The number of carbonyl (C=O) groups is 2. The molecule has 4 rings (SSSR count). The molecule has 0 bridgehead atoms. The average Bonchev–Trinajstić information content (AvgIpc) is 3.36. The van der Waals surface area contributed by atoms with Gasteiger partial charge in [-0.05, 0) is 49.1 Å². The second-order valence-electron chi connectivity index (χ2n) is 8.34. The minimum atomic E-state index is -1.27. The highest BCUT2D eigenvalue weighted by atomic mass is 35.5. The van der Waals surface area contributed by atoms with Crippen molar-refractivity contribution in [3.05, 3.63) is 63.8 Å². The summed E-state index contributed by atoms with van der Waals surface area (Å²) in [5.41, 5.74) is 0.393. The van der Waals surface area contributed by atoms with E-state index in [1.165, 1.54) is 31.2 Å². The second-order valence-corrected chi connectivity index (χ2v) is 8.78. The number of rotatable bonds is 5. The fraction of sp³-hybridized carbons (Fsp3) is 0.333. The van der Waals surface area contributed by atoms with E-state index in [-0.39, 0.29) is 40.1 Å². The maximum Gasteiger partial charge on any atom is 0.311 e. The lowest BCUT2D eigenvalue weighted by Gasteiger charge is -2.18. The zero-order valence-electron chi connectivity index (χ0n) is 17.4. The molecule has 1 aliphatic carbocycles. The number of aliphatic carboxylic acids is 1. The first kappa shape index (κ1) is 22.3. The summed E-state index contributed by atoms with van der Waals surface area (Å²) in [7, 11) is 0. The fourth-order valence-electron chi connectivity index (χ4n) is 4.84. The van der Waals surface area contributed by atoms with E-state index >= 15 is 4.39 Å². The first-order chi connectivity index (χ1) is 15.2. The van der Waals surface area contributed by atoms with E-state index < -0.39 is 35.2 Å². The number of carbonyl (C=O) groups excluding carboxylic acids is 1. The van der Waals surface area contributed by atoms with Crippen LogP contribution in [0.5, 0.6) is 5.75 Å². The molecule has 168 valence electrons. The second kappa shape index (κ2) is 8.54. The summed E-state index contributed by atoms with van der Waals surface area (Å²) in [6.45, 7) is 1.52. The standard InChI is InChI=1S/C24H22ClF2NO4/c1-12-19(16(24(31)32)10-13-4-2-3-5-13)20-18(11-17(26)22(29)21(20)27)28(12)23(30)14-6-8-15(25)9-7-14/h6-9,11,13,16,29H,2-5,10H2,1H3,(H,31,32)/t16-/m0/s1. The summed E-state index contributed by atoms with van der Waals surface area (Å²) >= 11 is 5.90. The summed E-state index contributed by atoms with van der Waals surface area (Å²) < 4.78 is 30.5. The van der Waals surface area contributed by atoms with Crippen LogP contribution in [0.3, 0.4) is 0 Å². The van der Waals surface area contributed by atoms with E-state index in [9.17, 15) is 24.2 Å². The largest absolute Gasteiger partial charge is 0.503 e. The molecular formula is C24H22ClF2NO4. The lowest BCUT2D eigenvalue weighted by atomic mass is 9.86. The number of hydrogen-bond donors (Lipinski definition) is 2. The van der Waals surface area contributed by atoms with Crippen LogP contribution in [0.1, 0.15) is 59.6 Å². The smallest absolute Gasteiger partial charge is 0.311 e. The normalized spacial score (nSPS) is 15.4. The Morgan fingerprint density at radius 2 is 1.81 bits per heavy atom. The maximum absolute atomic E-state index is 15.1. The van der Waals surface area contributed by atoms with Crippen LogP contribution in [0.2, 0.25) is 5.02 Å². The third kappa shape index (κ3) is 3.75. The number of phenolic OH excluding ortho intramolecular Hbond substituents is 1. The van der Waals surface area contributed by atoms with Crippen molar-refractivity contribution in [2.75, 3.05) is 0 Å². The van der Waals surface area contributed by atoms with Crippen molar-refractivity contribution < 1.29 is 28.6 Å². The molecule has 0 unspecified atom stereocenters. The third-order valence-corrected chi connectivity index (χ3v) is 6.65. The number of benzene rings is 2. The monoisotopic (exact) mass is 461 g/mol. The minimum absolute atomic E-state index is 0.0921. The Balaban J connectivity index is 1.97. The molecule has 1 heterocycles. The number of aromatic hydroxyl groups is 1. The van der Waals surface area contributed by atoms with E-state index in [2.05, 4.69) is 0 Å². The molecule has 0 aliphatic heterocycles. The topological polar surface area (TPSA) is 79.5 Å². The Morgan fingerprint density at radius 1 is 1.19 bits per heavy atom. The Hall–Kier alpha value is -2.93. The molecule has 8 heteroatoms. The highest BCUT2D eigenvalue weighted by Gasteiger charge is 2.34. The highest BCUT2D eigenvalue weighted by molar-refractivity contribution is 6.30. The molecule has 2 N–H and O–H groups in total. The number of aromatic nitrogens is 1. The summed E-state index contributed by atoms with van der Waals surface area (Å²) in [6, 6.07) is 6.87. The van der Waals surface area contributed by atoms with Crippen LogP contribution in [-0.4, -0.2) is 26.7 Å². The van der Waals surface area contributed by atoms with Crippen LogP contribution in [0, 0.1) is 24.5 Å². The number of carboxylic acids is 1. The van der Waals surface area contributed by atoms with Gasteiger partial charge in [-0.2, -0.15) is 0 Å². The van der Waals surface area contributed by atoms with Crippen LogP contribution < -0.4 is 0 Å². The zero-order chi connectivity index (χ0) is 23.2. The van der Waals surface area contributed by atoms with Crippen LogP contribution >= 0.6 is 11.6 Å². The molecule has 5 nitrogen and oxygen atoms in total. The molecule has 0 amide bonds. The molecule has 2 aromatic carbocycles. The lowest BCUT2D eigenvalue weighted by molar-refractivity contribution is -0.139. The number of nitrogens with zero attached hydrogens (tertiary/aromatic N) is 1. The zero-order valence-corrected chi connectivity index (χ0v) is 18.1. The number of hydrogen-bond acceptors (Lipinski definition) is 3. The van der Waals surface area contributed by atoms with Gasteiger partial charge in [0.25, 0.3) is 5.91 Å². The summed E-state index contributed by atoms with van der Waals surface area (Å²) in [5, 5.41) is 20.1. The van der Waals surface area contributed by atoms with Crippen molar-refractivity contribution in [1.29, 1.82) is 0 Å². The molecule has 1 atom stereocenters. The fourth-order valence-corrected chi connectivity index (χ4v) is 4.97. The summed E-state index contributed by atoms with van der Waals surface area (Å²) in [6.07, 6.45) is 4.06. The molecule has 32 heavy (non-hydrogen) atoms. The lowest BCUT2D eigenvalue weighted by Crippen LogP contribution is -2.18. The number of phenols is 1. The van der Waals surface area contributed by atoms with Crippen molar-refractivity contribution in [3.8, 4) is 5.75 Å². The quantitative estimate of drug-likeness (QED) is 0.486. The van der Waals surface area contributed by atoms with Gasteiger partial charge in [0.1, 0.15) is 0 Å². The predicted octanol–water partition coefficient (Wildman–Crippen LogP) is 6.02. The number of fused-ring (bicyclic) bond motifs is 1. The Kier molecular flexibility index (Phi) is 5.95. The summed E-state index contributed by atoms with van der Waals surface area (Å²) in [5.74, 6) is -6.35. The van der Waals surface area contributed by atoms with Crippen LogP contribution in [0.15, 0.2) is 30.3 Å².